The third-order valence-electron chi connectivity index (χ3n) is 3.64. The molecule has 1 fully saturated rings. The van der Waals surface area contributed by atoms with Crippen LogP contribution in [0.1, 0.15) is 17.5 Å². The topological polar surface area (TPSA) is 53.7 Å². The Balaban J connectivity index is 2.48. The summed E-state index contributed by atoms with van der Waals surface area (Å²) in [5, 5.41) is 0. The molecule has 0 saturated carbocycles. The molecule has 0 aromatic heterocycles. The lowest BCUT2D eigenvalue weighted by Gasteiger charge is -2.43. The summed E-state index contributed by atoms with van der Waals surface area (Å²) in [6.07, 6.45) is 0.913. The van der Waals surface area contributed by atoms with Gasteiger partial charge in [-0.1, -0.05) is 0 Å². The van der Waals surface area contributed by atoms with E-state index in [0.717, 1.165) is 17.9 Å². The van der Waals surface area contributed by atoms with E-state index in [0.29, 0.717) is 19.8 Å². The number of hydrogen-bond acceptors (Lipinski definition) is 4. The third-order valence-corrected chi connectivity index (χ3v) is 3.64. The number of nitrogens with two attached hydrogens (primary N) is 1. The van der Waals surface area contributed by atoms with Gasteiger partial charge < -0.3 is 19.9 Å². The van der Waals surface area contributed by atoms with Crippen LogP contribution in [0.4, 0.5) is 0 Å². The molecule has 4 heteroatoms. The molecule has 0 amide bonds. The molecule has 1 aliphatic rings. The van der Waals surface area contributed by atoms with Crippen molar-refractivity contribution in [1.82, 2.24) is 0 Å². The van der Waals surface area contributed by atoms with Gasteiger partial charge in [0, 0.05) is 17.0 Å². The lowest BCUT2D eigenvalue weighted by molar-refractivity contribution is -0.0643. The molecule has 2 rings (SSSR count). The first-order valence-corrected chi connectivity index (χ1v) is 6.18. The quantitative estimate of drug-likeness (QED) is 0.864. The summed E-state index contributed by atoms with van der Waals surface area (Å²) in [7, 11) is 3.35. The van der Waals surface area contributed by atoms with Gasteiger partial charge in [0.05, 0.1) is 27.4 Å². The van der Waals surface area contributed by atoms with Gasteiger partial charge in [-0.25, -0.2) is 0 Å². The van der Waals surface area contributed by atoms with Crippen LogP contribution in [0.25, 0.3) is 0 Å². The average molecular weight is 251 g/mol. The van der Waals surface area contributed by atoms with Crippen molar-refractivity contribution in [2.24, 2.45) is 5.73 Å². The zero-order chi connectivity index (χ0) is 13.2. The molecule has 0 aliphatic carbocycles. The molecule has 18 heavy (non-hydrogen) atoms. The second kappa shape index (κ2) is 5.16. The van der Waals surface area contributed by atoms with Crippen LogP contribution >= 0.6 is 0 Å². The Bertz CT molecular complexity index is 427. The average Bonchev–Trinajstić information content (AvgIpc) is 2.33. The highest BCUT2D eigenvalue weighted by Crippen LogP contribution is 2.43. The molecule has 0 atom stereocenters. The van der Waals surface area contributed by atoms with Crippen molar-refractivity contribution < 1.29 is 14.2 Å². The van der Waals surface area contributed by atoms with Gasteiger partial charge in [-0.3, -0.25) is 0 Å². The van der Waals surface area contributed by atoms with Gasteiger partial charge in [0.1, 0.15) is 11.5 Å². The highest BCUT2D eigenvalue weighted by atomic mass is 16.5. The van der Waals surface area contributed by atoms with Crippen molar-refractivity contribution in [2.45, 2.75) is 18.8 Å². The summed E-state index contributed by atoms with van der Waals surface area (Å²) in [6, 6.07) is 3.97. The zero-order valence-electron chi connectivity index (χ0n) is 11.3. The molecular formula is C14H21NO3. The smallest absolute Gasteiger partial charge is 0.126 e. The van der Waals surface area contributed by atoms with Crippen molar-refractivity contribution in [1.29, 1.82) is 0 Å². The second-order valence-electron chi connectivity index (χ2n) is 4.83. The number of rotatable bonds is 5. The number of methoxy groups -OCH3 is 2. The summed E-state index contributed by atoms with van der Waals surface area (Å²) in [4.78, 5) is 0. The molecule has 1 saturated heterocycles. The highest BCUT2D eigenvalue weighted by Gasteiger charge is 2.42. The fraction of sp³-hybridized carbons (Fsp3) is 0.571. The van der Waals surface area contributed by atoms with Gasteiger partial charge in [0.25, 0.3) is 0 Å². The van der Waals surface area contributed by atoms with Crippen molar-refractivity contribution in [3.63, 3.8) is 0 Å². The maximum atomic E-state index is 5.74. The fourth-order valence-electron chi connectivity index (χ4n) is 2.72. The van der Waals surface area contributed by atoms with Crippen LogP contribution in [0.3, 0.4) is 0 Å². The van der Waals surface area contributed by atoms with Gasteiger partial charge in [-0.2, -0.15) is 0 Å². The first-order chi connectivity index (χ1) is 8.66. The lowest BCUT2D eigenvalue weighted by Crippen LogP contribution is -2.48. The van der Waals surface area contributed by atoms with Crippen LogP contribution in [0, 0.1) is 6.92 Å². The minimum Gasteiger partial charge on any atom is -0.497 e. The fourth-order valence-corrected chi connectivity index (χ4v) is 2.72. The maximum absolute atomic E-state index is 5.74. The highest BCUT2D eigenvalue weighted by molar-refractivity contribution is 5.51. The largest absolute Gasteiger partial charge is 0.497 e. The van der Waals surface area contributed by atoms with Gasteiger partial charge in [0.2, 0.25) is 0 Å². The summed E-state index contributed by atoms with van der Waals surface area (Å²) in [5.41, 5.74) is 8.13. The van der Waals surface area contributed by atoms with E-state index in [2.05, 4.69) is 6.92 Å². The Hall–Kier alpha value is -1.26. The lowest BCUT2D eigenvalue weighted by atomic mass is 9.73. The minimum atomic E-state index is 0.0104. The van der Waals surface area contributed by atoms with E-state index in [4.69, 9.17) is 19.9 Å². The molecule has 1 aromatic rings. The van der Waals surface area contributed by atoms with E-state index in [1.807, 2.05) is 12.1 Å². The van der Waals surface area contributed by atoms with E-state index in [9.17, 15) is 0 Å². The van der Waals surface area contributed by atoms with Crippen molar-refractivity contribution in [3.05, 3.63) is 23.3 Å². The van der Waals surface area contributed by atoms with Gasteiger partial charge >= 0.3 is 0 Å². The van der Waals surface area contributed by atoms with Crippen LogP contribution < -0.4 is 15.2 Å². The molecule has 1 heterocycles. The normalized spacial score (nSPS) is 17.1. The molecule has 0 unspecified atom stereocenters. The molecule has 0 bridgehead atoms. The summed E-state index contributed by atoms with van der Waals surface area (Å²) in [5.74, 6) is 1.68. The first kappa shape index (κ1) is 13.2. The molecule has 4 nitrogen and oxygen atoms in total. The molecule has 1 aromatic carbocycles. The minimum absolute atomic E-state index is 0.0104. The first-order valence-electron chi connectivity index (χ1n) is 6.18. The van der Waals surface area contributed by atoms with Crippen LogP contribution in [-0.4, -0.2) is 34.0 Å². The SMILES string of the molecule is COc1cc(C)c(C2(CCN)COC2)c(OC)c1. The van der Waals surface area contributed by atoms with Crippen molar-refractivity contribution in [2.75, 3.05) is 34.0 Å². The Morgan fingerprint density at radius 3 is 2.44 bits per heavy atom. The molecule has 1 aliphatic heterocycles. The standard InChI is InChI=1S/C14H21NO3/c1-10-6-11(16-2)7-12(17-3)13(10)14(4-5-15)8-18-9-14/h6-7H,4-5,8-9,15H2,1-3H3. The van der Waals surface area contributed by atoms with Crippen LogP contribution in [0.2, 0.25) is 0 Å². The predicted molar refractivity (Wildman–Crippen MR) is 70.5 cm³/mol. The maximum Gasteiger partial charge on any atom is 0.126 e. The summed E-state index contributed by atoms with van der Waals surface area (Å²) < 4.78 is 16.2. The van der Waals surface area contributed by atoms with Crippen LogP contribution in [0.15, 0.2) is 12.1 Å². The van der Waals surface area contributed by atoms with Gasteiger partial charge in [-0.05, 0) is 31.5 Å². The van der Waals surface area contributed by atoms with Gasteiger partial charge in [0.15, 0.2) is 0 Å². The van der Waals surface area contributed by atoms with Crippen LogP contribution in [-0.2, 0) is 10.2 Å². The summed E-state index contributed by atoms with van der Waals surface area (Å²) >= 11 is 0. The number of benzene rings is 1. The van der Waals surface area contributed by atoms with Gasteiger partial charge in [-0.15, -0.1) is 0 Å². The molecule has 0 radical (unpaired) electrons. The molecule has 0 spiro atoms. The van der Waals surface area contributed by atoms with E-state index in [1.54, 1.807) is 14.2 Å². The van der Waals surface area contributed by atoms with Crippen LogP contribution in [0.5, 0.6) is 11.5 Å². The predicted octanol–water partition coefficient (Wildman–Crippen LogP) is 1.63. The number of aryl methyl sites for hydroxylation is 1. The van der Waals surface area contributed by atoms with E-state index in [1.165, 1.54) is 11.1 Å². The zero-order valence-corrected chi connectivity index (χ0v) is 11.3. The third kappa shape index (κ3) is 2.06. The number of ether oxygens (including phenoxy) is 3. The monoisotopic (exact) mass is 251 g/mol. The number of hydrogen-bond donors (Lipinski definition) is 1. The molecule has 100 valence electrons. The Morgan fingerprint density at radius 2 is 2.00 bits per heavy atom. The molecule has 2 N–H and O–H groups in total. The van der Waals surface area contributed by atoms with E-state index < -0.39 is 0 Å². The Kier molecular flexibility index (Phi) is 3.78. The van der Waals surface area contributed by atoms with Crippen molar-refractivity contribution in [3.8, 4) is 11.5 Å². The van der Waals surface area contributed by atoms with Crippen molar-refractivity contribution >= 4 is 0 Å². The van der Waals surface area contributed by atoms with E-state index >= 15 is 0 Å². The second-order valence-corrected chi connectivity index (χ2v) is 4.83. The van der Waals surface area contributed by atoms with E-state index in [-0.39, 0.29) is 5.41 Å². The Morgan fingerprint density at radius 1 is 1.28 bits per heavy atom. The summed E-state index contributed by atoms with van der Waals surface area (Å²) in [6.45, 7) is 4.16. The molecular weight excluding hydrogens is 230 g/mol. The Labute approximate surface area is 108 Å².